The maximum atomic E-state index is 13.1. The number of oxazole rings is 1. The van der Waals surface area contributed by atoms with Crippen LogP contribution in [0.2, 0.25) is 0 Å². The summed E-state index contributed by atoms with van der Waals surface area (Å²) < 4.78 is 130. The summed E-state index contributed by atoms with van der Waals surface area (Å²) in [7, 11) is 0. The molecule has 1 saturated heterocycles. The van der Waals surface area contributed by atoms with E-state index in [1.807, 2.05) is 0 Å². The van der Waals surface area contributed by atoms with E-state index in [4.69, 9.17) is 4.42 Å². The molecule has 1 fully saturated rings. The van der Waals surface area contributed by atoms with Gasteiger partial charge in [0.15, 0.2) is 5.58 Å². The number of nitrogens with one attached hydrogen (secondary N) is 1. The largest absolute Gasteiger partial charge is 0.491 e. The van der Waals surface area contributed by atoms with Crippen LogP contribution in [0, 0.1) is 0 Å². The van der Waals surface area contributed by atoms with E-state index in [2.05, 4.69) is 19.8 Å². The lowest BCUT2D eigenvalue weighted by Gasteiger charge is -2.44. The van der Waals surface area contributed by atoms with Crippen LogP contribution in [0.4, 0.5) is 39.5 Å². The quantitative estimate of drug-likeness (QED) is 0.248. The maximum absolute atomic E-state index is 13.1. The van der Waals surface area contributed by atoms with Gasteiger partial charge in [-0.2, -0.15) is 39.5 Å². The van der Waals surface area contributed by atoms with Gasteiger partial charge in [0.05, 0.1) is 6.54 Å². The normalized spacial score (nSPS) is 17.2. The van der Waals surface area contributed by atoms with E-state index in [1.165, 1.54) is 6.07 Å². The predicted octanol–water partition coefficient (Wildman–Crippen LogP) is 3.71. The Balaban J connectivity index is 1.80. The number of hydrogen-bond donors (Lipinski definition) is 1. The van der Waals surface area contributed by atoms with Crippen LogP contribution < -0.4 is 5.32 Å². The number of benzene rings is 1. The molecule has 36 heavy (non-hydrogen) atoms. The average Bonchev–Trinajstić information content (AvgIpc) is 3.15. The monoisotopic (exact) mass is 555 g/mol. The summed E-state index contributed by atoms with van der Waals surface area (Å²) in [4.78, 5) is 27.5. The van der Waals surface area contributed by atoms with Gasteiger partial charge < -0.3 is 19.2 Å². The maximum Gasteiger partial charge on any atom is 0.491 e. The molecule has 0 amide bonds. The van der Waals surface area contributed by atoms with Crippen molar-refractivity contribution in [3.05, 3.63) is 23.8 Å². The topological polar surface area (TPSA) is 93.9 Å². The molecule has 0 radical (unpaired) electrons. The Labute approximate surface area is 199 Å². The molecule has 2 aromatic rings. The fraction of sp³-hybridized carbons (Fsp3) is 0.500. The van der Waals surface area contributed by atoms with Crippen LogP contribution >= 0.6 is 11.8 Å². The van der Waals surface area contributed by atoms with E-state index in [9.17, 15) is 49.1 Å². The number of esters is 2. The SMILES string of the molecule is O=C(OC1(OC(=O)C(F)(F)F)CNCCN1CCSc1nc2cccc(C(F)(F)F)c2o1)C(F)(F)F. The van der Waals surface area contributed by atoms with E-state index in [1.54, 1.807) is 0 Å². The number of para-hydroxylation sites is 1. The second-order valence-electron chi connectivity index (χ2n) is 7.13. The standard InChI is InChI=1S/C18H14F9N3O5S/c19-16(20,21)9-2-1-3-10-11(9)33-14(29-10)36-7-6-30-5-4-28-8-15(30,34-12(31)17(22,23)24)35-13(32)18(25,26)27/h1-3,28H,4-8H2. The summed E-state index contributed by atoms with van der Waals surface area (Å²) in [6.45, 7) is -1.72. The number of nitrogens with zero attached hydrogens (tertiary/aromatic N) is 2. The lowest BCUT2D eigenvalue weighted by molar-refractivity contribution is -0.318. The van der Waals surface area contributed by atoms with Crippen LogP contribution in [0.25, 0.3) is 11.1 Å². The van der Waals surface area contributed by atoms with Crippen LogP contribution in [-0.2, 0) is 25.2 Å². The zero-order valence-electron chi connectivity index (χ0n) is 17.5. The van der Waals surface area contributed by atoms with Gasteiger partial charge in [-0.1, -0.05) is 17.8 Å². The second kappa shape index (κ2) is 9.97. The molecule has 1 aromatic carbocycles. The third-order valence-corrected chi connectivity index (χ3v) is 5.45. The van der Waals surface area contributed by atoms with E-state index in [0.29, 0.717) is 11.8 Å². The molecular weight excluding hydrogens is 541 g/mol. The number of aromatic nitrogens is 1. The molecule has 0 aliphatic carbocycles. The first-order valence-corrected chi connectivity index (χ1v) is 10.7. The van der Waals surface area contributed by atoms with Gasteiger partial charge in [-0.3, -0.25) is 0 Å². The molecule has 8 nitrogen and oxygen atoms in total. The smallest absolute Gasteiger partial charge is 0.431 e. The van der Waals surface area contributed by atoms with Crippen LogP contribution in [-0.4, -0.2) is 72.0 Å². The molecule has 0 atom stereocenters. The number of ether oxygens (including phenoxy) is 2. The first kappa shape index (κ1) is 27.9. The van der Waals surface area contributed by atoms with Crippen LogP contribution in [0.15, 0.2) is 27.8 Å². The Bertz CT molecular complexity index is 1090. The van der Waals surface area contributed by atoms with Gasteiger partial charge in [0.25, 0.3) is 5.22 Å². The van der Waals surface area contributed by atoms with Crippen molar-refractivity contribution in [3.8, 4) is 0 Å². The average molecular weight is 555 g/mol. The molecule has 200 valence electrons. The fourth-order valence-corrected chi connectivity index (χ4v) is 3.90. The third kappa shape index (κ3) is 6.33. The van der Waals surface area contributed by atoms with Crippen molar-refractivity contribution < 1.29 is 63.0 Å². The summed E-state index contributed by atoms with van der Waals surface area (Å²) >= 11 is 0.676. The summed E-state index contributed by atoms with van der Waals surface area (Å²) in [5.41, 5.74) is -1.80. The van der Waals surface area contributed by atoms with Gasteiger partial charge in [0.2, 0.25) is 0 Å². The highest BCUT2D eigenvalue weighted by atomic mass is 32.2. The first-order chi connectivity index (χ1) is 16.5. The van der Waals surface area contributed by atoms with Crippen molar-refractivity contribution in [2.75, 3.05) is 31.9 Å². The third-order valence-electron chi connectivity index (χ3n) is 4.64. The Morgan fingerprint density at radius 1 is 1.06 bits per heavy atom. The minimum atomic E-state index is -5.62. The summed E-state index contributed by atoms with van der Waals surface area (Å²) in [6, 6.07) is 3.11. The number of hydrogen-bond acceptors (Lipinski definition) is 9. The Kier molecular flexibility index (Phi) is 7.71. The molecule has 1 aliphatic heterocycles. The number of carbonyl (C=O) groups is 2. The Morgan fingerprint density at radius 2 is 1.67 bits per heavy atom. The number of piperazine rings is 1. The molecule has 0 unspecified atom stereocenters. The zero-order valence-corrected chi connectivity index (χ0v) is 18.3. The molecule has 1 aliphatic rings. The van der Waals surface area contributed by atoms with Crippen molar-refractivity contribution in [1.82, 2.24) is 15.2 Å². The van der Waals surface area contributed by atoms with Crippen LogP contribution in [0.1, 0.15) is 5.56 Å². The van der Waals surface area contributed by atoms with Gasteiger partial charge in [0.1, 0.15) is 11.1 Å². The number of rotatable bonds is 6. The molecule has 3 rings (SSSR count). The lowest BCUT2D eigenvalue weighted by Crippen LogP contribution is -2.67. The molecule has 1 N–H and O–H groups in total. The second-order valence-corrected chi connectivity index (χ2v) is 8.18. The lowest BCUT2D eigenvalue weighted by atomic mass is 10.2. The molecule has 18 heteroatoms. The molecular formula is C18H14F9N3O5S. The number of fused-ring (bicyclic) bond motifs is 1. The Hall–Kier alpha value is -2.73. The van der Waals surface area contributed by atoms with E-state index in [-0.39, 0.29) is 29.6 Å². The summed E-state index contributed by atoms with van der Waals surface area (Å²) in [6.07, 6.45) is -16.0. The van der Waals surface area contributed by atoms with E-state index < -0.39 is 60.6 Å². The molecule has 1 aromatic heterocycles. The van der Waals surface area contributed by atoms with E-state index in [0.717, 1.165) is 17.0 Å². The minimum absolute atomic E-state index is 0.00260. The van der Waals surface area contributed by atoms with Crippen molar-refractivity contribution in [2.45, 2.75) is 29.7 Å². The highest BCUT2D eigenvalue weighted by molar-refractivity contribution is 7.99. The van der Waals surface area contributed by atoms with Crippen molar-refractivity contribution >= 4 is 34.8 Å². The van der Waals surface area contributed by atoms with Gasteiger partial charge >= 0.3 is 36.4 Å². The number of carbonyl (C=O) groups excluding carboxylic acids is 2. The number of halogens is 9. The Morgan fingerprint density at radius 3 is 2.22 bits per heavy atom. The van der Waals surface area contributed by atoms with Gasteiger partial charge in [0, 0.05) is 25.4 Å². The highest BCUT2D eigenvalue weighted by Gasteiger charge is 2.56. The summed E-state index contributed by atoms with van der Waals surface area (Å²) in [5, 5.41) is 2.11. The van der Waals surface area contributed by atoms with Crippen LogP contribution in [0.5, 0.6) is 0 Å². The van der Waals surface area contributed by atoms with Crippen LogP contribution in [0.3, 0.4) is 0 Å². The molecule has 0 bridgehead atoms. The highest BCUT2D eigenvalue weighted by Crippen LogP contribution is 2.37. The van der Waals surface area contributed by atoms with Crippen molar-refractivity contribution in [2.24, 2.45) is 0 Å². The van der Waals surface area contributed by atoms with Gasteiger partial charge in [-0.25, -0.2) is 19.5 Å². The molecule has 2 heterocycles. The summed E-state index contributed by atoms with van der Waals surface area (Å²) in [5.74, 6) is -9.15. The molecule has 0 saturated carbocycles. The predicted molar refractivity (Wildman–Crippen MR) is 101 cm³/mol. The first-order valence-electron chi connectivity index (χ1n) is 9.68. The van der Waals surface area contributed by atoms with Crippen molar-refractivity contribution in [3.63, 3.8) is 0 Å². The van der Waals surface area contributed by atoms with Gasteiger partial charge in [-0.05, 0) is 12.1 Å². The van der Waals surface area contributed by atoms with Crippen molar-refractivity contribution in [1.29, 1.82) is 0 Å². The van der Waals surface area contributed by atoms with Gasteiger partial charge in [-0.15, -0.1) is 0 Å². The molecule has 0 spiro atoms. The number of thioether (sulfide) groups is 1. The zero-order chi connectivity index (χ0) is 26.9. The fourth-order valence-electron chi connectivity index (χ4n) is 3.11. The minimum Gasteiger partial charge on any atom is -0.431 e. The van der Waals surface area contributed by atoms with E-state index >= 15 is 0 Å². The number of alkyl halides is 9.